The molecule has 18 heavy (non-hydrogen) atoms. The Kier molecular flexibility index (Phi) is 4.49. The van der Waals surface area contributed by atoms with E-state index in [1.165, 1.54) is 4.88 Å². The molecule has 0 spiro atoms. The molecule has 0 bridgehead atoms. The van der Waals surface area contributed by atoms with E-state index in [9.17, 15) is 4.79 Å². The average Bonchev–Trinajstić information content (AvgIpc) is 2.96. The van der Waals surface area contributed by atoms with Gasteiger partial charge in [-0.25, -0.2) is 4.98 Å². The molecule has 0 saturated heterocycles. The maximum absolute atomic E-state index is 11.7. The molecule has 1 aromatic heterocycles. The molecule has 1 aliphatic rings. The van der Waals surface area contributed by atoms with Crippen molar-refractivity contribution in [3.8, 4) is 0 Å². The second-order valence-corrected chi connectivity index (χ2v) is 5.75. The highest BCUT2D eigenvalue weighted by Gasteiger charge is 2.16. The Morgan fingerprint density at radius 2 is 2.44 bits per heavy atom. The fourth-order valence-electron chi connectivity index (χ4n) is 1.85. The van der Waals surface area contributed by atoms with Crippen LogP contribution in [0.5, 0.6) is 0 Å². The van der Waals surface area contributed by atoms with Crippen molar-refractivity contribution in [1.29, 1.82) is 0 Å². The van der Waals surface area contributed by atoms with Gasteiger partial charge in [-0.2, -0.15) is 0 Å². The summed E-state index contributed by atoms with van der Waals surface area (Å²) in [7, 11) is 0. The first kappa shape index (κ1) is 13.2. The van der Waals surface area contributed by atoms with Crippen LogP contribution in [-0.2, 0) is 11.2 Å². The molecule has 2 heterocycles. The van der Waals surface area contributed by atoms with Crippen LogP contribution in [0.2, 0.25) is 0 Å². The SMILES string of the molecule is Cc1nc(CCCNC(=O)[C@H]2C=CCN2)sc1C. The van der Waals surface area contributed by atoms with E-state index in [-0.39, 0.29) is 11.9 Å². The minimum atomic E-state index is -0.144. The molecule has 0 aromatic carbocycles. The fraction of sp³-hybridized carbons (Fsp3) is 0.538. The summed E-state index contributed by atoms with van der Waals surface area (Å²) in [6.45, 7) is 5.63. The molecule has 1 aliphatic heterocycles. The van der Waals surface area contributed by atoms with Crippen molar-refractivity contribution in [2.75, 3.05) is 13.1 Å². The molecule has 0 fully saturated rings. The zero-order chi connectivity index (χ0) is 13.0. The molecule has 0 aliphatic carbocycles. The number of aryl methyl sites for hydroxylation is 3. The van der Waals surface area contributed by atoms with E-state index in [2.05, 4.69) is 22.5 Å². The molecule has 4 nitrogen and oxygen atoms in total. The summed E-state index contributed by atoms with van der Waals surface area (Å²) >= 11 is 1.75. The second-order valence-electron chi connectivity index (χ2n) is 4.46. The van der Waals surface area contributed by atoms with Gasteiger partial charge in [0.15, 0.2) is 0 Å². The van der Waals surface area contributed by atoms with Gasteiger partial charge in [-0.05, 0) is 20.3 Å². The predicted molar refractivity (Wildman–Crippen MR) is 73.8 cm³/mol. The molecule has 0 unspecified atom stereocenters. The topological polar surface area (TPSA) is 54.0 Å². The molecule has 1 amide bonds. The van der Waals surface area contributed by atoms with Gasteiger partial charge in [0.05, 0.1) is 10.7 Å². The van der Waals surface area contributed by atoms with Crippen LogP contribution in [0.1, 0.15) is 22.0 Å². The van der Waals surface area contributed by atoms with Gasteiger partial charge in [-0.15, -0.1) is 11.3 Å². The van der Waals surface area contributed by atoms with Crippen molar-refractivity contribution in [2.45, 2.75) is 32.7 Å². The second kappa shape index (κ2) is 6.11. The monoisotopic (exact) mass is 265 g/mol. The molecule has 0 radical (unpaired) electrons. The summed E-state index contributed by atoms with van der Waals surface area (Å²) in [5.41, 5.74) is 1.12. The van der Waals surface area contributed by atoms with Crippen LogP contribution in [0.25, 0.3) is 0 Å². The van der Waals surface area contributed by atoms with Crippen LogP contribution in [0.15, 0.2) is 12.2 Å². The van der Waals surface area contributed by atoms with Crippen LogP contribution < -0.4 is 10.6 Å². The summed E-state index contributed by atoms with van der Waals surface area (Å²) in [5.74, 6) is 0.0650. The van der Waals surface area contributed by atoms with E-state index in [0.29, 0.717) is 6.54 Å². The highest BCUT2D eigenvalue weighted by atomic mass is 32.1. The zero-order valence-corrected chi connectivity index (χ0v) is 11.6. The Balaban J connectivity index is 1.66. The average molecular weight is 265 g/mol. The number of thiazole rings is 1. The van der Waals surface area contributed by atoms with Crippen molar-refractivity contribution in [2.24, 2.45) is 0 Å². The van der Waals surface area contributed by atoms with E-state index in [4.69, 9.17) is 0 Å². The Labute approximate surface area is 112 Å². The molecular formula is C13H19N3OS. The van der Waals surface area contributed by atoms with Crippen molar-refractivity contribution < 1.29 is 4.79 Å². The van der Waals surface area contributed by atoms with Crippen LogP contribution in [0.3, 0.4) is 0 Å². The summed E-state index contributed by atoms with van der Waals surface area (Å²) in [4.78, 5) is 17.5. The number of nitrogens with zero attached hydrogens (tertiary/aromatic N) is 1. The van der Waals surface area contributed by atoms with Gasteiger partial charge in [0.2, 0.25) is 5.91 Å². The molecule has 98 valence electrons. The smallest absolute Gasteiger partial charge is 0.241 e. The largest absolute Gasteiger partial charge is 0.354 e. The number of nitrogens with one attached hydrogen (secondary N) is 2. The quantitative estimate of drug-likeness (QED) is 0.624. The highest BCUT2D eigenvalue weighted by molar-refractivity contribution is 7.11. The Bertz CT molecular complexity index is 434. The van der Waals surface area contributed by atoms with E-state index in [1.807, 2.05) is 19.1 Å². The van der Waals surface area contributed by atoms with Crippen molar-refractivity contribution in [1.82, 2.24) is 15.6 Å². The molecule has 1 aromatic rings. The summed E-state index contributed by atoms with van der Waals surface area (Å²) in [6.07, 6.45) is 5.76. The minimum absolute atomic E-state index is 0.0650. The van der Waals surface area contributed by atoms with Crippen LogP contribution in [0, 0.1) is 13.8 Å². The van der Waals surface area contributed by atoms with E-state index in [1.54, 1.807) is 11.3 Å². The zero-order valence-electron chi connectivity index (χ0n) is 10.8. The molecule has 2 N–H and O–H groups in total. The van der Waals surface area contributed by atoms with Gasteiger partial charge in [-0.1, -0.05) is 12.2 Å². The van der Waals surface area contributed by atoms with Gasteiger partial charge >= 0.3 is 0 Å². The Morgan fingerprint density at radius 3 is 3.06 bits per heavy atom. The number of hydrogen-bond donors (Lipinski definition) is 2. The summed E-state index contributed by atoms with van der Waals surface area (Å²) < 4.78 is 0. The van der Waals surface area contributed by atoms with E-state index in [0.717, 1.165) is 30.1 Å². The molecule has 0 saturated carbocycles. The lowest BCUT2D eigenvalue weighted by molar-refractivity contribution is -0.121. The molecule has 5 heteroatoms. The van der Waals surface area contributed by atoms with E-state index >= 15 is 0 Å². The normalized spacial score (nSPS) is 18.2. The third-order valence-electron chi connectivity index (χ3n) is 3.01. The van der Waals surface area contributed by atoms with Crippen molar-refractivity contribution >= 4 is 17.2 Å². The fourth-order valence-corrected chi connectivity index (χ4v) is 2.83. The lowest BCUT2D eigenvalue weighted by Crippen LogP contribution is -2.40. The van der Waals surface area contributed by atoms with Gasteiger partial charge in [0, 0.05) is 24.4 Å². The number of aromatic nitrogens is 1. The summed E-state index contributed by atoms with van der Waals surface area (Å²) in [5, 5.41) is 7.20. The van der Waals surface area contributed by atoms with Crippen LogP contribution in [0.4, 0.5) is 0 Å². The van der Waals surface area contributed by atoms with Gasteiger partial charge < -0.3 is 5.32 Å². The van der Waals surface area contributed by atoms with Crippen molar-refractivity contribution in [3.63, 3.8) is 0 Å². The van der Waals surface area contributed by atoms with Crippen LogP contribution in [-0.4, -0.2) is 30.0 Å². The van der Waals surface area contributed by atoms with E-state index < -0.39 is 0 Å². The molecule has 2 rings (SSSR count). The van der Waals surface area contributed by atoms with Gasteiger partial charge in [-0.3, -0.25) is 10.1 Å². The van der Waals surface area contributed by atoms with Crippen LogP contribution >= 0.6 is 11.3 Å². The third kappa shape index (κ3) is 3.40. The van der Waals surface area contributed by atoms with Gasteiger partial charge in [0.1, 0.15) is 6.04 Å². The first-order valence-corrected chi connectivity index (χ1v) is 7.09. The third-order valence-corrected chi connectivity index (χ3v) is 4.14. The summed E-state index contributed by atoms with van der Waals surface area (Å²) in [6, 6.07) is -0.144. The number of carbonyl (C=O) groups excluding carboxylic acids is 1. The molecule has 1 atom stereocenters. The maximum Gasteiger partial charge on any atom is 0.241 e. The number of carbonyl (C=O) groups is 1. The Morgan fingerprint density at radius 1 is 1.61 bits per heavy atom. The van der Waals surface area contributed by atoms with Crippen molar-refractivity contribution in [3.05, 3.63) is 27.7 Å². The Hall–Kier alpha value is -1.20. The number of hydrogen-bond acceptors (Lipinski definition) is 4. The maximum atomic E-state index is 11.7. The minimum Gasteiger partial charge on any atom is -0.354 e. The predicted octanol–water partition coefficient (Wildman–Crippen LogP) is 1.34. The molecular weight excluding hydrogens is 246 g/mol. The first-order chi connectivity index (χ1) is 8.66. The number of amides is 1. The van der Waals surface area contributed by atoms with Gasteiger partial charge in [0.25, 0.3) is 0 Å². The first-order valence-electron chi connectivity index (χ1n) is 6.27. The highest BCUT2D eigenvalue weighted by Crippen LogP contribution is 2.17. The standard InChI is InChI=1S/C13H19N3OS/c1-9-10(2)18-12(16-9)6-4-8-15-13(17)11-5-3-7-14-11/h3,5,11,14H,4,6-8H2,1-2H3,(H,15,17)/t11-/m1/s1. The lowest BCUT2D eigenvalue weighted by Gasteiger charge is -2.09. The lowest BCUT2D eigenvalue weighted by atomic mass is 10.2. The number of rotatable bonds is 5.